The number of sulfonamides is 1. The molecule has 38 heavy (non-hydrogen) atoms. The van der Waals surface area contributed by atoms with Crippen LogP contribution in [0, 0.1) is 11.3 Å². The van der Waals surface area contributed by atoms with E-state index in [1.807, 2.05) is 6.07 Å². The minimum Gasteiger partial charge on any atom is -0.495 e. The van der Waals surface area contributed by atoms with E-state index in [2.05, 4.69) is 19.4 Å². The molecule has 2 aromatic heterocycles. The molecule has 0 aliphatic carbocycles. The van der Waals surface area contributed by atoms with Crippen molar-refractivity contribution in [2.24, 2.45) is 0 Å². The predicted molar refractivity (Wildman–Crippen MR) is 142 cm³/mol. The van der Waals surface area contributed by atoms with Crippen LogP contribution in [0.2, 0.25) is 10.0 Å². The van der Waals surface area contributed by atoms with Crippen molar-refractivity contribution in [2.45, 2.75) is 18.2 Å². The van der Waals surface area contributed by atoms with Gasteiger partial charge in [-0.05, 0) is 42.0 Å². The molecule has 1 N–H and O–H groups in total. The summed E-state index contributed by atoms with van der Waals surface area (Å²) in [5.74, 6) is 0.122. The second-order valence-corrected chi connectivity index (χ2v) is 10.2. The van der Waals surface area contributed by atoms with Gasteiger partial charge in [-0.15, -0.1) is 0 Å². The Morgan fingerprint density at radius 2 is 1.95 bits per heavy atom. The van der Waals surface area contributed by atoms with Crippen LogP contribution >= 0.6 is 23.2 Å². The fourth-order valence-corrected chi connectivity index (χ4v) is 4.91. The number of ether oxygens (including phenoxy) is 1. The molecule has 2 heterocycles. The van der Waals surface area contributed by atoms with Crippen LogP contribution in [0.5, 0.6) is 5.75 Å². The number of rotatable bonds is 8. The van der Waals surface area contributed by atoms with E-state index in [1.54, 1.807) is 37.3 Å². The molecule has 0 saturated carbocycles. The second-order valence-electron chi connectivity index (χ2n) is 7.74. The summed E-state index contributed by atoms with van der Waals surface area (Å²) in [6.45, 7) is 1.68. The maximum absolute atomic E-state index is 13.0. The first-order valence-corrected chi connectivity index (χ1v) is 13.2. The molecule has 1 amide bonds. The highest BCUT2D eigenvalue weighted by Gasteiger charge is 2.25. The molecule has 0 atom stereocenters. The fraction of sp³-hybridized carbons (Fsp3) is 0.120. The third-order valence-corrected chi connectivity index (χ3v) is 7.38. The van der Waals surface area contributed by atoms with Crippen molar-refractivity contribution in [2.75, 3.05) is 16.7 Å². The standard InChI is InChI=1S/C25H19Cl2N5O5S/c1-3-25(33)32(24-7-5-17(14-29-24)38(34,35)31-23-8-9-37-30-23)21-12-20(27)18(11-22(21)36-2)15-4-6-19(26)16(10-15)13-28/h4-12,14H,3H2,1-2H3,(H,30,31). The SMILES string of the molecule is CCC(=O)N(c1ccc(S(=O)(=O)Nc2ccon2)cn1)c1cc(Cl)c(-c2ccc(Cl)c(C#N)c2)cc1OC. The number of nitrogens with one attached hydrogen (secondary N) is 1. The molecule has 0 spiro atoms. The van der Waals surface area contributed by atoms with Gasteiger partial charge in [-0.1, -0.05) is 41.3 Å². The Morgan fingerprint density at radius 3 is 2.55 bits per heavy atom. The maximum atomic E-state index is 13.0. The van der Waals surface area contributed by atoms with Crippen molar-refractivity contribution in [3.63, 3.8) is 0 Å². The van der Waals surface area contributed by atoms with Crippen LogP contribution in [0.15, 0.2) is 70.4 Å². The highest BCUT2D eigenvalue weighted by atomic mass is 35.5. The van der Waals surface area contributed by atoms with Gasteiger partial charge in [-0.2, -0.15) is 5.26 Å². The van der Waals surface area contributed by atoms with Crippen molar-refractivity contribution in [1.82, 2.24) is 10.1 Å². The number of methoxy groups -OCH3 is 1. The molecule has 0 radical (unpaired) electrons. The van der Waals surface area contributed by atoms with Crippen LogP contribution < -0.4 is 14.4 Å². The lowest BCUT2D eigenvalue weighted by Crippen LogP contribution is -2.26. The van der Waals surface area contributed by atoms with Crippen LogP contribution in [0.1, 0.15) is 18.9 Å². The van der Waals surface area contributed by atoms with Gasteiger partial charge in [-0.25, -0.2) is 13.4 Å². The van der Waals surface area contributed by atoms with Crippen molar-refractivity contribution in [3.05, 3.63) is 76.6 Å². The third kappa shape index (κ3) is 5.43. The van der Waals surface area contributed by atoms with Gasteiger partial charge in [0.15, 0.2) is 5.82 Å². The number of halogens is 2. The number of nitrogens with zero attached hydrogens (tertiary/aromatic N) is 4. The third-order valence-electron chi connectivity index (χ3n) is 5.40. The molecule has 0 unspecified atom stereocenters. The number of benzene rings is 2. The molecule has 0 bridgehead atoms. The Morgan fingerprint density at radius 1 is 1.16 bits per heavy atom. The predicted octanol–water partition coefficient (Wildman–Crippen LogP) is 5.80. The van der Waals surface area contributed by atoms with E-state index in [1.165, 1.54) is 36.5 Å². The summed E-state index contributed by atoms with van der Waals surface area (Å²) in [4.78, 5) is 18.4. The molecule has 0 saturated heterocycles. The molecular formula is C25H19Cl2N5O5S. The summed E-state index contributed by atoms with van der Waals surface area (Å²) >= 11 is 12.7. The first kappa shape index (κ1) is 26.9. The first-order chi connectivity index (χ1) is 18.2. The Hall–Kier alpha value is -4.11. The highest BCUT2D eigenvalue weighted by Crippen LogP contribution is 2.42. The smallest absolute Gasteiger partial charge is 0.264 e. The lowest BCUT2D eigenvalue weighted by atomic mass is 10.0. The van der Waals surface area contributed by atoms with E-state index < -0.39 is 10.0 Å². The van der Waals surface area contributed by atoms with E-state index in [0.29, 0.717) is 27.6 Å². The number of hydrogen-bond acceptors (Lipinski definition) is 8. The Kier molecular flexibility index (Phi) is 7.87. The zero-order valence-electron chi connectivity index (χ0n) is 20.0. The summed E-state index contributed by atoms with van der Waals surface area (Å²) < 4.78 is 37.8. The Balaban J connectivity index is 1.75. The summed E-state index contributed by atoms with van der Waals surface area (Å²) in [5, 5.41) is 13.4. The maximum Gasteiger partial charge on any atom is 0.264 e. The van der Waals surface area contributed by atoms with Gasteiger partial charge in [-0.3, -0.25) is 14.4 Å². The highest BCUT2D eigenvalue weighted by molar-refractivity contribution is 7.92. The number of carbonyl (C=O) groups excluding carboxylic acids is 1. The van der Waals surface area contributed by atoms with Crippen molar-refractivity contribution in [1.29, 1.82) is 5.26 Å². The van der Waals surface area contributed by atoms with Gasteiger partial charge in [0.05, 0.1) is 28.4 Å². The van der Waals surface area contributed by atoms with Gasteiger partial charge in [0.2, 0.25) is 5.91 Å². The van der Waals surface area contributed by atoms with Crippen LogP contribution in [0.4, 0.5) is 17.3 Å². The molecule has 2 aromatic carbocycles. The van der Waals surface area contributed by atoms with Crippen LogP contribution in [0.25, 0.3) is 11.1 Å². The van der Waals surface area contributed by atoms with Gasteiger partial charge < -0.3 is 9.26 Å². The molecular weight excluding hydrogens is 553 g/mol. The molecule has 10 nitrogen and oxygen atoms in total. The van der Waals surface area contributed by atoms with Crippen LogP contribution in [-0.2, 0) is 14.8 Å². The van der Waals surface area contributed by atoms with Gasteiger partial charge >= 0.3 is 0 Å². The zero-order chi connectivity index (χ0) is 27.4. The number of carbonyl (C=O) groups is 1. The monoisotopic (exact) mass is 571 g/mol. The number of hydrogen-bond donors (Lipinski definition) is 1. The molecule has 0 aliphatic heterocycles. The molecule has 0 fully saturated rings. The number of pyridine rings is 1. The molecule has 0 aliphatic rings. The lowest BCUT2D eigenvalue weighted by molar-refractivity contribution is -0.117. The average molecular weight is 572 g/mol. The zero-order valence-corrected chi connectivity index (χ0v) is 22.3. The lowest BCUT2D eigenvalue weighted by Gasteiger charge is -2.24. The summed E-state index contributed by atoms with van der Waals surface area (Å²) in [7, 11) is -2.56. The largest absolute Gasteiger partial charge is 0.495 e. The Bertz CT molecular complexity index is 1640. The molecule has 4 aromatic rings. The minimum absolute atomic E-state index is 0.0129. The topological polar surface area (TPSA) is 138 Å². The van der Waals surface area contributed by atoms with Gasteiger partial charge in [0, 0.05) is 24.2 Å². The minimum atomic E-state index is -4.00. The van der Waals surface area contributed by atoms with E-state index >= 15 is 0 Å². The number of amides is 1. The van der Waals surface area contributed by atoms with Crippen molar-refractivity contribution >= 4 is 56.5 Å². The fourth-order valence-electron chi connectivity index (χ4n) is 3.55. The molecule has 194 valence electrons. The number of aromatic nitrogens is 2. The number of anilines is 3. The van der Waals surface area contributed by atoms with E-state index in [-0.39, 0.29) is 39.4 Å². The molecule has 4 rings (SSSR count). The molecule has 13 heteroatoms. The normalized spacial score (nSPS) is 11.0. The van der Waals surface area contributed by atoms with E-state index in [0.717, 1.165) is 6.20 Å². The summed E-state index contributed by atoms with van der Waals surface area (Å²) in [6.07, 6.45) is 2.46. The number of nitriles is 1. The second kappa shape index (κ2) is 11.1. The van der Waals surface area contributed by atoms with E-state index in [4.69, 9.17) is 27.9 Å². The van der Waals surface area contributed by atoms with E-state index in [9.17, 15) is 18.5 Å². The van der Waals surface area contributed by atoms with Gasteiger partial charge in [0.25, 0.3) is 10.0 Å². The summed E-state index contributed by atoms with van der Waals surface area (Å²) in [6, 6.07) is 14.2. The average Bonchev–Trinajstić information content (AvgIpc) is 3.42. The van der Waals surface area contributed by atoms with Crippen molar-refractivity contribution in [3.8, 4) is 22.9 Å². The quantitative estimate of drug-likeness (QED) is 0.280. The summed E-state index contributed by atoms with van der Waals surface area (Å²) in [5.41, 5.74) is 1.76. The van der Waals surface area contributed by atoms with Crippen molar-refractivity contribution < 1.29 is 22.5 Å². The Labute approximate surface area is 228 Å². The van der Waals surface area contributed by atoms with Gasteiger partial charge in [0.1, 0.15) is 28.8 Å². The van der Waals surface area contributed by atoms with Crippen LogP contribution in [-0.4, -0.2) is 31.6 Å². The van der Waals surface area contributed by atoms with Crippen LogP contribution in [0.3, 0.4) is 0 Å². The first-order valence-electron chi connectivity index (χ1n) is 11.0.